The molecule has 2 aromatic rings. The van der Waals surface area contributed by atoms with E-state index in [0.717, 1.165) is 24.3 Å². The number of carbonyl (C=O) groups excluding carboxylic acids is 1. The highest BCUT2D eigenvalue weighted by atomic mass is 19.1. The van der Waals surface area contributed by atoms with Gasteiger partial charge in [0.05, 0.1) is 13.2 Å². The van der Waals surface area contributed by atoms with E-state index in [2.05, 4.69) is 10.2 Å². The van der Waals surface area contributed by atoms with Crippen molar-refractivity contribution in [3.8, 4) is 6.07 Å². The van der Waals surface area contributed by atoms with Crippen LogP contribution in [-0.2, 0) is 9.53 Å². The van der Waals surface area contributed by atoms with E-state index in [-0.39, 0.29) is 11.4 Å². The van der Waals surface area contributed by atoms with Gasteiger partial charge in [-0.15, -0.1) is 0 Å². The number of nitrogens with zero attached hydrogens (tertiary/aromatic N) is 2. The number of rotatable bonds is 4. The molecule has 6 heteroatoms. The Balaban J connectivity index is 1.70. The van der Waals surface area contributed by atoms with Crippen molar-refractivity contribution in [1.82, 2.24) is 0 Å². The van der Waals surface area contributed by atoms with Crippen LogP contribution in [0.25, 0.3) is 6.08 Å². The highest BCUT2D eigenvalue weighted by molar-refractivity contribution is 6.09. The average Bonchev–Trinajstić information content (AvgIpc) is 2.69. The number of carbonyl (C=O) groups is 1. The van der Waals surface area contributed by atoms with E-state index in [9.17, 15) is 14.4 Å². The summed E-state index contributed by atoms with van der Waals surface area (Å²) in [5.41, 5.74) is 2.25. The Labute approximate surface area is 151 Å². The lowest BCUT2D eigenvalue weighted by atomic mass is 10.1. The first-order valence-electron chi connectivity index (χ1n) is 8.27. The third kappa shape index (κ3) is 4.47. The van der Waals surface area contributed by atoms with Crippen LogP contribution in [0.3, 0.4) is 0 Å². The number of anilines is 2. The molecule has 2 aromatic carbocycles. The number of nitrogens with one attached hydrogen (secondary N) is 1. The normalized spacial score (nSPS) is 14.6. The summed E-state index contributed by atoms with van der Waals surface area (Å²) in [5.74, 6) is -0.921. The van der Waals surface area contributed by atoms with Crippen LogP contribution in [0, 0.1) is 17.1 Å². The van der Waals surface area contributed by atoms with Crippen molar-refractivity contribution in [3.05, 3.63) is 65.5 Å². The number of morpholine rings is 1. The lowest BCUT2D eigenvalue weighted by molar-refractivity contribution is -0.112. The first-order chi connectivity index (χ1) is 12.7. The summed E-state index contributed by atoms with van der Waals surface area (Å²) in [6, 6.07) is 14.9. The number of hydrogen-bond donors (Lipinski definition) is 1. The van der Waals surface area contributed by atoms with Crippen LogP contribution in [0.5, 0.6) is 0 Å². The quantitative estimate of drug-likeness (QED) is 0.679. The van der Waals surface area contributed by atoms with E-state index in [1.807, 2.05) is 30.3 Å². The van der Waals surface area contributed by atoms with Gasteiger partial charge >= 0.3 is 0 Å². The molecule has 0 radical (unpaired) electrons. The number of amides is 1. The van der Waals surface area contributed by atoms with Gasteiger partial charge in [-0.25, -0.2) is 4.39 Å². The molecule has 5 nitrogen and oxygen atoms in total. The summed E-state index contributed by atoms with van der Waals surface area (Å²) in [4.78, 5) is 14.5. The molecule has 0 spiro atoms. The minimum absolute atomic E-state index is 0.0200. The molecule has 1 fully saturated rings. The van der Waals surface area contributed by atoms with Crippen LogP contribution in [0.15, 0.2) is 54.1 Å². The van der Waals surface area contributed by atoms with Crippen molar-refractivity contribution in [2.24, 2.45) is 0 Å². The van der Waals surface area contributed by atoms with Gasteiger partial charge in [-0.05, 0) is 48.0 Å². The maximum atomic E-state index is 12.9. The van der Waals surface area contributed by atoms with E-state index < -0.39 is 5.91 Å². The number of hydrogen-bond acceptors (Lipinski definition) is 4. The Morgan fingerprint density at radius 2 is 1.77 bits per heavy atom. The van der Waals surface area contributed by atoms with Crippen LogP contribution in [0.1, 0.15) is 5.56 Å². The Morgan fingerprint density at radius 3 is 2.38 bits per heavy atom. The number of nitriles is 1. The van der Waals surface area contributed by atoms with Crippen molar-refractivity contribution in [1.29, 1.82) is 5.26 Å². The van der Waals surface area contributed by atoms with E-state index >= 15 is 0 Å². The van der Waals surface area contributed by atoms with Gasteiger partial charge in [0, 0.05) is 24.5 Å². The summed E-state index contributed by atoms with van der Waals surface area (Å²) in [6.07, 6.45) is 1.53. The molecule has 26 heavy (non-hydrogen) atoms. The summed E-state index contributed by atoms with van der Waals surface area (Å²) < 4.78 is 18.3. The molecule has 0 aliphatic carbocycles. The summed E-state index contributed by atoms with van der Waals surface area (Å²) in [5, 5.41) is 11.9. The van der Waals surface area contributed by atoms with Gasteiger partial charge in [-0.3, -0.25) is 4.79 Å². The molecule has 1 N–H and O–H groups in total. The SMILES string of the molecule is N#C/C(=C/c1ccc(N2CCOCC2)cc1)C(=O)Nc1ccc(F)cc1. The van der Waals surface area contributed by atoms with Crippen molar-refractivity contribution >= 4 is 23.4 Å². The predicted octanol–water partition coefficient (Wildman–Crippen LogP) is 3.21. The molecule has 0 saturated carbocycles. The van der Waals surface area contributed by atoms with Crippen molar-refractivity contribution < 1.29 is 13.9 Å². The highest BCUT2D eigenvalue weighted by Crippen LogP contribution is 2.18. The molecule has 1 saturated heterocycles. The fraction of sp³-hybridized carbons (Fsp3) is 0.200. The highest BCUT2D eigenvalue weighted by Gasteiger charge is 2.12. The second-order valence-corrected chi connectivity index (χ2v) is 5.82. The molecular weight excluding hydrogens is 333 g/mol. The van der Waals surface area contributed by atoms with Gasteiger partial charge in [0.25, 0.3) is 5.91 Å². The standard InChI is InChI=1S/C20H18FN3O2/c21-17-3-5-18(6-4-17)23-20(25)16(14-22)13-15-1-7-19(8-2-15)24-9-11-26-12-10-24/h1-8,13H,9-12H2,(H,23,25)/b16-13-. The van der Waals surface area contributed by atoms with Gasteiger partial charge in [0.2, 0.25) is 0 Å². The zero-order valence-electron chi connectivity index (χ0n) is 14.1. The van der Waals surface area contributed by atoms with Crippen LogP contribution in [-0.4, -0.2) is 32.2 Å². The Kier molecular flexibility index (Phi) is 5.62. The summed E-state index contributed by atoms with van der Waals surface area (Å²) >= 11 is 0. The maximum absolute atomic E-state index is 12.9. The summed E-state index contributed by atoms with van der Waals surface area (Å²) in [6.45, 7) is 3.12. The molecule has 0 unspecified atom stereocenters. The first kappa shape index (κ1) is 17.6. The molecule has 0 atom stereocenters. The predicted molar refractivity (Wildman–Crippen MR) is 98.1 cm³/mol. The van der Waals surface area contributed by atoms with Crippen LogP contribution >= 0.6 is 0 Å². The van der Waals surface area contributed by atoms with Gasteiger partial charge < -0.3 is 15.0 Å². The van der Waals surface area contributed by atoms with Gasteiger partial charge in [0.15, 0.2) is 0 Å². The Hall–Kier alpha value is -3.17. The second-order valence-electron chi connectivity index (χ2n) is 5.82. The number of halogens is 1. The molecule has 3 rings (SSSR count). The van der Waals surface area contributed by atoms with E-state index in [0.29, 0.717) is 18.9 Å². The third-order valence-corrected chi connectivity index (χ3v) is 4.05. The molecule has 1 heterocycles. The number of benzene rings is 2. The molecule has 0 aromatic heterocycles. The summed E-state index contributed by atoms with van der Waals surface area (Å²) in [7, 11) is 0. The largest absolute Gasteiger partial charge is 0.378 e. The first-order valence-corrected chi connectivity index (χ1v) is 8.27. The van der Waals surface area contributed by atoms with Crippen molar-refractivity contribution in [3.63, 3.8) is 0 Å². The monoisotopic (exact) mass is 351 g/mol. The third-order valence-electron chi connectivity index (χ3n) is 4.05. The molecular formula is C20H18FN3O2. The molecule has 0 bridgehead atoms. The van der Waals surface area contributed by atoms with Crippen molar-refractivity contribution in [2.45, 2.75) is 0 Å². The zero-order chi connectivity index (χ0) is 18.4. The van der Waals surface area contributed by atoms with E-state index in [1.54, 1.807) is 0 Å². The van der Waals surface area contributed by atoms with E-state index in [4.69, 9.17) is 4.74 Å². The minimum Gasteiger partial charge on any atom is -0.378 e. The number of ether oxygens (including phenoxy) is 1. The van der Waals surface area contributed by atoms with Gasteiger partial charge in [-0.2, -0.15) is 5.26 Å². The maximum Gasteiger partial charge on any atom is 0.266 e. The molecule has 132 valence electrons. The van der Waals surface area contributed by atoms with Gasteiger partial charge in [0.1, 0.15) is 17.5 Å². The second kappa shape index (κ2) is 8.28. The lowest BCUT2D eigenvalue weighted by Gasteiger charge is -2.28. The molecule has 1 amide bonds. The average molecular weight is 351 g/mol. The fourth-order valence-electron chi connectivity index (χ4n) is 2.65. The fourth-order valence-corrected chi connectivity index (χ4v) is 2.65. The van der Waals surface area contributed by atoms with Crippen LogP contribution in [0.2, 0.25) is 0 Å². The van der Waals surface area contributed by atoms with Crippen LogP contribution in [0.4, 0.5) is 15.8 Å². The molecule has 1 aliphatic heterocycles. The van der Waals surface area contributed by atoms with E-state index in [1.165, 1.54) is 30.3 Å². The minimum atomic E-state index is -0.531. The van der Waals surface area contributed by atoms with Crippen LogP contribution < -0.4 is 10.2 Å². The Bertz CT molecular complexity index is 833. The lowest BCUT2D eigenvalue weighted by Crippen LogP contribution is -2.36. The smallest absolute Gasteiger partial charge is 0.266 e. The van der Waals surface area contributed by atoms with Crippen molar-refractivity contribution in [2.75, 3.05) is 36.5 Å². The Morgan fingerprint density at radius 1 is 1.12 bits per heavy atom. The van der Waals surface area contributed by atoms with Gasteiger partial charge in [-0.1, -0.05) is 12.1 Å². The molecule has 1 aliphatic rings. The zero-order valence-corrected chi connectivity index (χ0v) is 14.1. The topological polar surface area (TPSA) is 65.4 Å².